The number of carbonyl (C=O) groups is 1. The summed E-state index contributed by atoms with van der Waals surface area (Å²) in [4.78, 5) is 24.4. The van der Waals surface area contributed by atoms with Gasteiger partial charge >= 0.3 is 11.7 Å². The summed E-state index contributed by atoms with van der Waals surface area (Å²) in [6.07, 6.45) is 4.94. The number of nitro benzene ring substituents is 1. The molecule has 1 N–H and O–H groups in total. The van der Waals surface area contributed by atoms with Gasteiger partial charge in [-0.3, -0.25) is 15.0 Å². The van der Waals surface area contributed by atoms with Crippen molar-refractivity contribution in [2.45, 2.75) is 38.3 Å². The Hall–Kier alpha value is -1.90. The highest BCUT2D eigenvalue weighted by atomic mass is 35.5. The molecule has 2 aliphatic rings. The number of carbonyl (C=O) groups excluding carboxylic acids is 1. The highest BCUT2D eigenvalue weighted by Crippen LogP contribution is 2.30. The van der Waals surface area contributed by atoms with Crippen LogP contribution in [0.25, 0.3) is 0 Å². The maximum absolute atomic E-state index is 11.3. The number of nitrogens with one attached hydrogen (secondary N) is 1. The molecule has 0 atom stereocenters. The molecule has 1 saturated heterocycles. The highest BCUT2D eigenvalue weighted by Gasteiger charge is 2.25. The van der Waals surface area contributed by atoms with E-state index >= 15 is 0 Å². The lowest BCUT2D eigenvalue weighted by Crippen LogP contribution is -2.42. The van der Waals surface area contributed by atoms with Crippen LogP contribution >= 0.6 is 12.4 Å². The molecule has 1 aliphatic heterocycles. The van der Waals surface area contributed by atoms with E-state index in [-0.39, 0.29) is 30.5 Å². The molecular weight excluding hydrogens is 386 g/mol. The number of hydrogen-bond acceptors (Lipinski definition) is 7. The molecule has 8 nitrogen and oxygen atoms in total. The number of halogens is 1. The topological polar surface area (TPSA) is 93.9 Å². The van der Waals surface area contributed by atoms with Gasteiger partial charge in [-0.1, -0.05) is 6.07 Å². The Bertz CT molecular complexity index is 676. The first-order valence-corrected chi connectivity index (χ1v) is 9.48. The largest absolute Gasteiger partial charge is 0.475 e. The van der Waals surface area contributed by atoms with Crippen LogP contribution in [0.5, 0.6) is 5.75 Å². The molecule has 0 radical (unpaired) electrons. The van der Waals surface area contributed by atoms with Gasteiger partial charge in [-0.05, 0) is 62.9 Å². The Labute approximate surface area is 171 Å². The molecular formula is C19H28ClN3O5. The van der Waals surface area contributed by atoms with Crippen LogP contribution in [-0.2, 0) is 16.1 Å². The van der Waals surface area contributed by atoms with E-state index in [2.05, 4.69) is 15.0 Å². The number of piperidine rings is 1. The summed E-state index contributed by atoms with van der Waals surface area (Å²) in [5.41, 5.74) is 0.744. The molecule has 0 aromatic heterocycles. The number of benzene rings is 1. The molecule has 3 rings (SSSR count). The van der Waals surface area contributed by atoms with Gasteiger partial charge in [-0.15, -0.1) is 12.4 Å². The summed E-state index contributed by atoms with van der Waals surface area (Å²) in [5, 5.41) is 15.0. The number of ether oxygens (including phenoxy) is 2. The Balaban J connectivity index is 0.00000280. The predicted molar refractivity (Wildman–Crippen MR) is 107 cm³/mol. The zero-order valence-corrected chi connectivity index (χ0v) is 16.9. The fourth-order valence-corrected chi connectivity index (χ4v) is 3.33. The van der Waals surface area contributed by atoms with Crippen LogP contribution in [0, 0.1) is 16.0 Å². The number of rotatable bonds is 9. The number of esters is 1. The third kappa shape index (κ3) is 6.61. The Morgan fingerprint density at radius 1 is 1.29 bits per heavy atom. The molecule has 1 aromatic rings. The van der Waals surface area contributed by atoms with Gasteiger partial charge in [0.25, 0.3) is 0 Å². The lowest BCUT2D eigenvalue weighted by Gasteiger charge is -2.32. The van der Waals surface area contributed by atoms with Crippen molar-refractivity contribution in [2.75, 3.05) is 33.4 Å². The SMILES string of the molecule is COC(=O)COc1ccc(CN2CCC(NCC3CC3)CC2)cc1[N+](=O)[O-].Cl. The van der Waals surface area contributed by atoms with E-state index in [0.717, 1.165) is 44.0 Å². The molecule has 1 heterocycles. The van der Waals surface area contributed by atoms with E-state index in [9.17, 15) is 14.9 Å². The molecule has 1 saturated carbocycles. The van der Waals surface area contributed by atoms with Gasteiger partial charge in [-0.25, -0.2) is 4.79 Å². The number of nitrogens with zero attached hydrogens (tertiary/aromatic N) is 2. The number of likely N-dealkylation sites (tertiary alicyclic amines) is 1. The fraction of sp³-hybridized carbons (Fsp3) is 0.632. The second-order valence-electron chi connectivity index (χ2n) is 7.33. The normalized spacial score (nSPS) is 17.6. The van der Waals surface area contributed by atoms with Crippen LogP contribution in [0.4, 0.5) is 5.69 Å². The first-order chi connectivity index (χ1) is 13.0. The maximum Gasteiger partial charge on any atom is 0.343 e. The number of nitro groups is 1. The van der Waals surface area contributed by atoms with Crippen molar-refractivity contribution < 1.29 is 19.2 Å². The Kier molecular flexibility index (Phi) is 8.47. The van der Waals surface area contributed by atoms with Crippen LogP contribution in [0.2, 0.25) is 0 Å². The highest BCUT2D eigenvalue weighted by molar-refractivity contribution is 5.85. The summed E-state index contributed by atoms with van der Waals surface area (Å²) >= 11 is 0. The summed E-state index contributed by atoms with van der Waals surface area (Å²) in [5.74, 6) is 0.396. The Morgan fingerprint density at radius 2 is 2.00 bits per heavy atom. The van der Waals surface area contributed by atoms with Crippen LogP contribution in [-0.4, -0.2) is 55.2 Å². The van der Waals surface area contributed by atoms with Gasteiger partial charge in [0.2, 0.25) is 0 Å². The van der Waals surface area contributed by atoms with Crippen molar-refractivity contribution in [1.82, 2.24) is 10.2 Å². The minimum absolute atomic E-state index is 0. The monoisotopic (exact) mass is 413 g/mol. The van der Waals surface area contributed by atoms with Gasteiger partial charge in [0.15, 0.2) is 12.4 Å². The third-order valence-corrected chi connectivity index (χ3v) is 5.18. The van der Waals surface area contributed by atoms with E-state index in [1.54, 1.807) is 6.07 Å². The average molecular weight is 414 g/mol. The van der Waals surface area contributed by atoms with Gasteiger partial charge < -0.3 is 14.8 Å². The van der Waals surface area contributed by atoms with Crippen LogP contribution in [0.3, 0.4) is 0 Å². The second-order valence-corrected chi connectivity index (χ2v) is 7.33. The molecule has 1 aromatic carbocycles. The van der Waals surface area contributed by atoms with E-state index in [0.29, 0.717) is 12.6 Å². The van der Waals surface area contributed by atoms with Gasteiger partial charge in [-0.2, -0.15) is 0 Å². The summed E-state index contributed by atoms with van der Waals surface area (Å²) < 4.78 is 9.72. The van der Waals surface area contributed by atoms with Gasteiger partial charge in [0.05, 0.1) is 12.0 Å². The van der Waals surface area contributed by atoms with Crippen molar-refractivity contribution in [3.05, 3.63) is 33.9 Å². The van der Waals surface area contributed by atoms with Crippen molar-refractivity contribution in [1.29, 1.82) is 0 Å². The second kappa shape index (κ2) is 10.6. The predicted octanol–water partition coefficient (Wildman–Crippen LogP) is 2.53. The standard InChI is InChI=1S/C19H27N3O5.ClH/c1-26-19(23)13-27-18-5-4-15(10-17(18)22(24)25)12-21-8-6-16(7-9-21)20-11-14-2-3-14;/h4-5,10,14,16,20H,2-3,6-9,11-13H2,1H3;1H. The average Bonchev–Trinajstić information content (AvgIpc) is 3.50. The van der Waals surface area contributed by atoms with E-state index < -0.39 is 10.9 Å². The fourth-order valence-electron chi connectivity index (χ4n) is 3.33. The van der Waals surface area contributed by atoms with Gasteiger partial charge in [0, 0.05) is 18.7 Å². The van der Waals surface area contributed by atoms with E-state index in [4.69, 9.17) is 4.74 Å². The first kappa shape index (κ1) is 22.4. The molecule has 0 bridgehead atoms. The molecule has 9 heteroatoms. The maximum atomic E-state index is 11.3. The summed E-state index contributed by atoms with van der Waals surface area (Å²) in [6.45, 7) is 3.43. The van der Waals surface area contributed by atoms with Gasteiger partial charge in [0.1, 0.15) is 0 Å². The molecule has 2 fully saturated rings. The van der Waals surface area contributed by atoms with Crippen LogP contribution < -0.4 is 10.1 Å². The lowest BCUT2D eigenvalue weighted by atomic mass is 10.0. The Morgan fingerprint density at radius 3 is 2.61 bits per heavy atom. The summed E-state index contributed by atoms with van der Waals surface area (Å²) in [6, 6.07) is 5.49. The molecule has 156 valence electrons. The van der Waals surface area contributed by atoms with Crippen molar-refractivity contribution in [3.63, 3.8) is 0 Å². The smallest absolute Gasteiger partial charge is 0.343 e. The summed E-state index contributed by atoms with van der Waals surface area (Å²) in [7, 11) is 1.24. The molecule has 0 unspecified atom stereocenters. The molecule has 0 amide bonds. The molecule has 1 aliphatic carbocycles. The minimum Gasteiger partial charge on any atom is -0.475 e. The van der Waals surface area contributed by atoms with Crippen molar-refractivity contribution in [2.24, 2.45) is 5.92 Å². The molecule has 28 heavy (non-hydrogen) atoms. The zero-order chi connectivity index (χ0) is 19.2. The van der Waals surface area contributed by atoms with Crippen molar-refractivity contribution >= 4 is 24.1 Å². The first-order valence-electron chi connectivity index (χ1n) is 9.48. The van der Waals surface area contributed by atoms with Crippen molar-refractivity contribution in [3.8, 4) is 5.75 Å². The lowest BCUT2D eigenvalue weighted by molar-refractivity contribution is -0.385. The van der Waals surface area contributed by atoms with E-state index in [1.807, 2.05) is 6.07 Å². The minimum atomic E-state index is -0.577. The third-order valence-electron chi connectivity index (χ3n) is 5.18. The molecule has 0 spiro atoms. The number of methoxy groups -OCH3 is 1. The van der Waals surface area contributed by atoms with Crippen LogP contribution in [0.15, 0.2) is 18.2 Å². The van der Waals surface area contributed by atoms with Crippen LogP contribution in [0.1, 0.15) is 31.2 Å². The van der Waals surface area contributed by atoms with E-state index in [1.165, 1.54) is 26.0 Å². The zero-order valence-electron chi connectivity index (χ0n) is 16.1. The quantitative estimate of drug-likeness (QED) is 0.377. The number of hydrogen-bond donors (Lipinski definition) is 1.